The monoisotopic (exact) mass is 228 g/mol. The summed E-state index contributed by atoms with van der Waals surface area (Å²) in [6, 6.07) is 3.11. The Kier molecular flexibility index (Phi) is 1.65. The number of aryl methyl sites for hydroxylation is 1. The third kappa shape index (κ3) is 1.03. The number of rotatable bonds is 0. The van der Waals surface area contributed by atoms with Crippen LogP contribution in [0.15, 0.2) is 16.9 Å². The molecule has 0 aliphatic carbocycles. The highest BCUT2D eigenvalue weighted by Gasteiger charge is 2.06. The average molecular weight is 229 g/mol. The zero-order valence-corrected chi connectivity index (χ0v) is 7.94. The van der Waals surface area contributed by atoms with Crippen molar-refractivity contribution in [1.82, 2.24) is 9.97 Å². The first-order valence-corrected chi connectivity index (χ1v) is 4.28. The molecule has 0 saturated heterocycles. The topological polar surface area (TPSA) is 28.7 Å². The lowest BCUT2D eigenvalue weighted by Gasteiger charge is -1.94. The molecule has 62 valence electrons. The number of hydrogen-bond donors (Lipinski definition) is 1. The molecule has 1 aromatic heterocycles. The largest absolute Gasteiger partial charge is 0.332 e. The molecule has 0 atom stereocenters. The molecule has 1 N–H and O–H groups in total. The number of aromatic amines is 1. The second-order valence-electron chi connectivity index (χ2n) is 2.60. The van der Waals surface area contributed by atoms with Gasteiger partial charge in [0.1, 0.15) is 5.82 Å². The van der Waals surface area contributed by atoms with Crippen LogP contribution in [0.3, 0.4) is 0 Å². The first kappa shape index (κ1) is 7.73. The summed E-state index contributed by atoms with van der Waals surface area (Å²) < 4.78 is 13.6. The van der Waals surface area contributed by atoms with Crippen LogP contribution >= 0.6 is 15.9 Å². The molecule has 0 amide bonds. The molecule has 0 spiro atoms. The Morgan fingerprint density at radius 1 is 1.50 bits per heavy atom. The van der Waals surface area contributed by atoms with Crippen molar-refractivity contribution in [1.29, 1.82) is 0 Å². The van der Waals surface area contributed by atoms with Gasteiger partial charge >= 0.3 is 0 Å². The summed E-state index contributed by atoms with van der Waals surface area (Å²) in [5.74, 6) is -0.221. The third-order valence-electron chi connectivity index (χ3n) is 1.81. The van der Waals surface area contributed by atoms with Gasteiger partial charge in [-0.2, -0.15) is 0 Å². The van der Waals surface area contributed by atoms with Gasteiger partial charge in [-0.15, -0.1) is 0 Å². The number of hydrogen-bond acceptors (Lipinski definition) is 1. The molecule has 0 saturated carbocycles. The van der Waals surface area contributed by atoms with E-state index in [-0.39, 0.29) is 5.82 Å². The fourth-order valence-corrected chi connectivity index (χ4v) is 1.55. The Balaban J connectivity index is 2.89. The van der Waals surface area contributed by atoms with Crippen LogP contribution in [-0.2, 0) is 0 Å². The molecule has 4 heteroatoms. The van der Waals surface area contributed by atoms with E-state index in [0.29, 0.717) is 15.8 Å². The summed E-state index contributed by atoms with van der Waals surface area (Å²) >= 11 is 3.19. The minimum atomic E-state index is -0.221. The highest BCUT2D eigenvalue weighted by Crippen LogP contribution is 2.20. The Morgan fingerprint density at radius 3 is 3.00 bits per heavy atom. The van der Waals surface area contributed by atoms with Gasteiger partial charge in [-0.3, -0.25) is 0 Å². The number of imidazole rings is 1. The molecule has 0 fully saturated rings. The molecule has 1 aromatic carbocycles. The van der Waals surface area contributed by atoms with Gasteiger partial charge in [0.15, 0.2) is 4.73 Å². The van der Waals surface area contributed by atoms with Gasteiger partial charge in [0.05, 0.1) is 11.0 Å². The van der Waals surface area contributed by atoms with Gasteiger partial charge in [-0.25, -0.2) is 9.37 Å². The minimum Gasteiger partial charge on any atom is -0.332 e. The van der Waals surface area contributed by atoms with Crippen molar-refractivity contribution in [2.75, 3.05) is 0 Å². The maximum atomic E-state index is 13.0. The zero-order chi connectivity index (χ0) is 8.72. The lowest BCUT2D eigenvalue weighted by atomic mass is 10.2. The van der Waals surface area contributed by atoms with E-state index in [1.807, 2.05) is 0 Å². The summed E-state index contributed by atoms with van der Waals surface area (Å²) in [6.45, 7) is 1.71. The van der Waals surface area contributed by atoms with Gasteiger partial charge in [0, 0.05) is 5.56 Å². The van der Waals surface area contributed by atoms with Gasteiger partial charge in [0.25, 0.3) is 0 Å². The molecule has 0 aliphatic heterocycles. The lowest BCUT2D eigenvalue weighted by Crippen LogP contribution is -1.82. The zero-order valence-electron chi connectivity index (χ0n) is 6.36. The number of H-pyrrole nitrogens is 1. The molecule has 2 nitrogen and oxygen atoms in total. The van der Waals surface area contributed by atoms with Crippen molar-refractivity contribution in [2.24, 2.45) is 0 Å². The Morgan fingerprint density at radius 2 is 2.25 bits per heavy atom. The first-order valence-electron chi connectivity index (χ1n) is 3.49. The number of benzene rings is 1. The van der Waals surface area contributed by atoms with Crippen LogP contribution < -0.4 is 0 Å². The van der Waals surface area contributed by atoms with Crippen molar-refractivity contribution in [3.63, 3.8) is 0 Å². The maximum Gasteiger partial charge on any atom is 0.175 e. The SMILES string of the molecule is Cc1c(F)ccc2[nH]c(Br)nc12. The molecule has 12 heavy (non-hydrogen) atoms. The van der Waals surface area contributed by atoms with Crippen LogP contribution in [0.5, 0.6) is 0 Å². The van der Waals surface area contributed by atoms with Gasteiger partial charge in [-0.1, -0.05) is 0 Å². The van der Waals surface area contributed by atoms with Crippen LogP contribution in [0.25, 0.3) is 11.0 Å². The molecule has 0 aliphatic rings. The third-order valence-corrected chi connectivity index (χ3v) is 2.19. The molecule has 0 radical (unpaired) electrons. The van der Waals surface area contributed by atoms with Crippen LogP contribution in [0.1, 0.15) is 5.56 Å². The van der Waals surface area contributed by atoms with Crippen molar-refractivity contribution in [3.05, 3.63) is 28.2 Å². The average Bonchev–Trinajstić information content (AvgIpc) is 2.39. The van der Waals surface area contributed by atoms with Crippen molar-refractivity contribution < 1.29 is 4.39 Å². The number of nitrogens with zero attached hydrogens (tertiary/aromatic N) is 1. The summed E-state index contributed by atoms with van der Waals surface area (Å²) in [5.41, 5.74) is 2.11. The van der Waals surface area contributed by atoms with Crippen molar-refractivity contribution in [3.8, 4) is 0 Å². The van der Waals surface area contributed by atoms with Crippen LogP contribution in [-0.4, -0.2) is 9.97 Å². The minimum absolute atomic E-state index is 0.221. The molecule has 2 aromatic rings. The van der Waals surface area contributed by atoms with Gasteiger partial charge in [-0.05, 0) is 35.0 Å². The molecule has 0 bridgehead atoms. The van der Waals surface area contributed by atoms with Crippen molar-refractivity contribution in [2.45, 2.75) is 6.92 Å². The molecule has 1 heterocycles. The number of nitrogens with one attached hydrogen (secondary N) is 1. The van der Waals surface area contributed by atoms with E-state index < -0.39 is 0 Å². The number of fused-ring (bicyclic) bond motifs is 1. The predicted octanol–water partition coefficient (Wildman–Crippen LogP) is 2.77. The van der Waals surface area contributed by atoms with E-state index in [1.165, 1.54) is 6.07 Å². The fourth-order valence-electron chi connectivity index (χ4n) is 1.16. The van der Waals surface area contributed by atoms with E-state index in [9.17, 15) is 4.39 Å². The predicted molar refractivity (Wildman–Crippen MR) is 48.5 cm³/mol. The van der Waals surface area contributed by atoms with Gasteiger partial charge < -0.3 is 4.98 Å². The molecular weight excluding hydrogens is 223 g/mol. The highest BCUT2D eigenvalue weighted by molar-refractivity contribution is 9.10. The second kappa shape index (κ2) is 2.55. The number of aromatic nitrogens is 2. The molecular formula is C8H6BrFN2. The van der Waals surface area contributed by atoms with Crippen LogP contribution in [0.2, 0.25) is 0 Å². The smallest absolute Gasteiger partial charge is 0.175 e. The normalized spacial score (nSPS) is 10.9. The summed E-state index contributed by atoms with van der Waals surface area (Å²) in [5, 5.41) is 0. The fraction of sp³-hybridized carbons (Fsp3) is 0.125. The summed E-state index contributed by atoms with van der Waals surface area (Å²) in [4.78, 5) is 7.06. The Labute approximate surface area is 76.9 Å². The van der Waals surface area contributed by atoms with Crippen molar-refractivity contribution >= 4 is 27.0 Å². The quantitative estimate of drug-likeness (QED) is 0.739. The van der Waals surface area contributed by atoms with Gasteiger partial charge in [0.2, 0.25) is 0 Å². The Hall–Kier alpha value is -0.900. The second-order valence-corrected chi connectivity index (χ2v) is 3.35. The molecule has 2 rings (SSSR count). The van der Waals surface area contributed by atoms with E-state index >= 15 is 0 Å². The number of halogens is 2. The van der Waals surface area contributed by atoms with E-state index in [2.05, 4.69) is 25.9 Å². The lowest BCUT2D eigenvalue weighted by molar-refractivity contribution is 0.620. The standard InChI is InChI=1S/C8H6BrFN2/c1-4-5(10)2-3-6-7(4)12-8(9)11-6/h2-3H,1H3,(H,11,12). The van der Waals surface area contributed by atoms with E-state index in [0.717, 1.165) is 5.52 Å². The molecule has 0 unspecified atom stereocenters. The Bertz CT molecular complexity index is 436. The highest BCUT2D eigenvalue weighted by atomic mass is 79.9. The first-order chi connectivity index (χ1) is 5.68. The van der Waals surface area contributed by atoms with Crippen LogP contribution in [0.4, 0.5) is 4.39 Å². The van der Waals surface area contributed by atoms with E-state index in [4.69, 9.17) is 0 Å². The van der Waals surface area contributed by atoms with E-state index in [1.54, 1.807) is 13.0 Å². The maximum absolute atomic E-state index is 13.0. The summed E-state index contributed by atoms with van der Waals surface area (Å²) in [7, 11) is 0. The summed E-state index contributed by atoms with van der Waals surface area (Å²) in [6.07, 6.45) is 0. The van der Waals surface area contributed by atoms with Crippen LogP contribution in [0, 0.1) is 12.7 Å².